The lowest BCUT2D eigenvalue weighted by atomic mass is 10.2. The molecule has 0 spiro atoms. The van der Waals surface area contributed by atoms with Crippen molar-refractivity contribution in [3.8, 4) is 0 Å². The Labute approximate surface area is 124 Å². The fraction of sp³-hybridized carbons (Fsp3) is 0.571. The monoisotopic (exact) mass is 316 g/mol. The molecular weight excluding hydrogens is 295 g/mol. The summed E-state index contributed by atoms with van der Waals surface area (Å²) in [5, 5.41) is 0. The number of morpholine rings is 1. The maximum Gasteiger partial charge on any atom is 0.246 e. The van der Waals surface area contributed by atoms with Crippen LogP contribution in [0.25, 0.3) is 0 Å². The Bertz CT molecular complexity index is 633. The molecule has 0 aliphatic carbocycles. The van der Waals surface area contributed by atoms with Gasteiger partial charge in [0, 0.05) is 18.3 Å². The summed E-state index contributed by atoms with van der Waals surface area (Å²) in [4.78, 5) is -0.354. The molecule has 1 saturated heterocycles. The highest BCUT2D eigenvalue weighted by molar-refractivity contribution is 7.89. The first-order valence-electron chi connectivity index (χ1n) is 6.96. The molecule has 0 aromatic heterocycles. The van der Waals surface area contributed by atoms with Crippen LogP contribution in [0, 0.1) is 12.7 Å². The number of sulfonamides is 1. The van der Waals surface area contributed by atoms with Gasteiger partial charge >= 0.3 is 0 Å². The highest BCUT2D eigenvalue weighted by Gasteiger charge is 2.37. The quantitative estimate of drug-likeness (QED) is 0.865. The van der Waals surface area contributed by atoms with Gasteiger partial charge < -0.3 is 10.5 Å². The van der Waals surface area contributed by atoms with Crippen molar-refractivity contribution >= 4 is 15.7 Å². The van der Waals surface area contributed by atoms with Gasteiger partial charge in [0.05, 0.1) is 12.7 Å². The van der Waals surface area contributed by atoms with E-state index in [0.29, 0.717) is 13.0 Å². The van der Waals surface area contributed by atoms with Crippen LogP contribution in [0.5, 0.6) is 0 Å². The Hall–Kier alpha value is -1.18. The predicted octanol–water partition coefficient (Wildman–Crippen LogP) is 1.90. The van der Waals surface area contributed by atoms with Gasteiger partial charge in [-0.1, -0.05) is 6.92 Å². The molecule has 1 aliphatic heterocycles. The number of halogens is 1. The minimum Gasteiger partial charge on any atom is -0.399 e. The molecule has 1 aliphatic rings. The van der Waals surface area contributed by atoms with Crippen LogP contribution in [0.15, 0.2) is 17.0 Å². The molecule has 1 fully saturated rings. The predicted molar refractivity (Wildman–Crippen MR) is 78.9 cm³/mol. The molecule has 0 radical (unpaired) electrons. The largest absolute Gasteiger partial charge is 0.399 e. The van der Waals surface area contributed by atoms with Gasteiger partial charge in [-0.05, 0) is 38.0 Å². The summed E-state index contributed by atoms with van der Waals surface area (Å²) in [7, 11) is -3.93. The second-order valence-electron chi connectivity index (χ2n) is 5.43. The molecule has 21 heavy (non-hydrogen) atoms. The first-order chi connectivity index (χ1) is 9.77. The van der Waals surface area contributed by atoms with Gasteiger partial charge in [0.1, 0.15) is 10.7 Å². The third-order valence-corrected chi connectivity index (χ3v) is 5.64. The zero-order valence-electron chi connectivity index (χ0n) is 12.5. The van der Waals surface area contributed by atoms with Gasteiger partial charge in [-0.15, -0.1) is 0 Å². The van der Waals surface area contributed by atoms with E-state index < -0.39 is 15.8 Å². The van der Waals surface area contributed by atoms with Gasteiger partial charge in [-0.3, -0.25) is 0 Å². The Kier molecular flexibility index (Phi) is 4.55. The molecule has 0 amide bonds. The van der Waals surface area contributed by atoms with Crippen molar-refractivity contribution in [2.45, 2.75) is 44.2 Å². The molecular formula is C14H21FN2O3S. The molecule has 1 aromatic rings. The lowest BCUT2D eigenvalue weighted by molar-refractivity contribution is -0.0231. The molecule has 0 bridgehead atoms. The van der Waals surface area contributed by atoms with E-state index >= 15 is 0 Å². The summed E-state index contributed by atoms with van der Waals surface area (Å²) in [5.41, 5.74) is 6.14. The smallest absolute Gasteiger partial charge is 0.246 e. The van der Waals surface area contributed by atoms with E-state index in [4.69, 9.17) is 10.5 Å². The Morgan fingerprint density at radius 1 is 1.48 bits per heavy atom. The van der Waals surface area contributed by atoms with E-state index in [1.807, 2.05) is 6.92 Å². The average Bonchev–Trinajstić information content (AvgIpc) is 2.42. The van der Waals surface area contributed by atoms with E-state index in [1.54, 1.807) is 6.92 Å². The topological polar surface area (TPSA) is 72.6 Å². The fourth-order valence-corrected chi connectivity index (χ4v) is 4.44. The lowest BCUT2D eigenvalue weighted by Gasteiger charge is -2.37. The number of nitrogen functional groups attached to an aromatic ring is 1. The number of nitrogens with two attached hydrogens (primary N) is 1. The highest BCUT2D eigenvalue weighted by atomic mass is 32.2. The number of aryl methyl sites for hydroxylation is 1. The summed E-state index contributed by atoms with van der Waals surface area (Å²) in [6.07, 6.45) is 0.391. The number of benzene rings is 1. The highest BCUT2D eigenvalue weighted by Crippen LogP contribution is 2.28. The Balaban J connectivity index is 2.50. The molecule has 2 rings (SSSR count). The van der Waals surface area contributed by atoms with Crippen molar-refractivity contribution < 1.29 is 17.5 Å². The number of nitrogens with zero attached hydrogens (tertiary/aromatic N) is 1. The van der Waals surface area contributed by atoms with E-state index in [-0.39, 0.29) is 34.8 Å². The maximum absolute atomic E-state index is 14.3. The third-order valence-electron chi connectivity index (χ3n) is 3.72. The van der Waals surface area contributed by atoms with Crippen molar-refractivity contribution in [1.29, 1.82) is 0 Å². The molecule has 1 heterocycles. The number of ether oxygens (including phenoxy) is 1. The summed E-state index contributed by atoms with van der Waals surface area (Å²) in [6.45, 7) is 5.72. The van der Waals surface area contributed by atoms with Crippen LogP contribution in [-0.4, -0.2) is 38.0 Å². The molecule has 2 atom stereocenters. The summed E-state index contributed by atoms with van der Waals surface area (Å²) in [5.74, 6) is -0.738. The standard InChI is InChI=1S/C14H21FN2O3S/c1-4-12-8-20-10(3)7-17(12)21(18,19)13-6-11(16)5-9(2)14(13)15/h5-6,10,12H,4,7-8,16H2,1-3H3. The van der Waals surface area contributed by atoms with Crippen molar-refractivity contribution in [3.05, 3.63) is 23.5 Å². The molecule has 7 heteroatoms. The summed E-state index contributed by atoms with van der Waals surface area (Å²) in [6, 6.07) is 2.32. The fourth-order valence-electron chi connectivity index (χ4n) is 2.51. The number of hydrogen-bond donors (Lipinski definition) is 1. The first kappa shape index (κ1) is 16.2. The zero-order valence-corrected chi connectivity index (χ0v) is 13.3. The van der Waals surface area contributed by atoms with Crippen LogP contribution in [-0.2, 0) is 14.8 Å². The second-order valence-corrected chi connectivity index (χ2v) is 7.29. The van der Waals surface area contributed by atoms with Crippen LogP contribution >= 0.6 is 0 Å². The van der Waals surface area contributed by atoms with Gasteiger partial charge in [0.2, 0.25) is 10.0 Å². The summed E-state index contributed by atoms with van der Waals surface area (Å²) < 4.78 is 46.7. The second kappa shape index (κ2) is 5.90. The lowest BCUT2D eigenvalue weighted by Crippen LogP contribution is -2.51. The van der Waals surface area contributed by atoms with Crippen molar-refractivity contribution in [2.24, 2.45) is 0 Å². The molecule has 2 N–H and O–H groups in total. The zero-order chi connectivity index (χ0) is 15.8. The number of hydrogen-bond acceptors (Lipinski definition) is 4. The molecule has 118 valence electrons. The van der Waals surface area contributed by atoms with Gasteiger partial charge in [0.15, 0.2) is 0 Å². The minimum atomic E-state index is -3.93. The van der Waals surface area contributed by atoms with Crippen LogP contribution in [0.3, 0.4) is 0 Å². The van der Waals surface area contributed by atoms with Gasteiger partial charge in [-0.25, -0.2) is 12.8 Å². The van der Waals surface area contributed by atoms with Crippen LogP contribution in [0.1, 0.15) is 25.8 Å². The Morgan fingerprint density at radius 2 is 2.14 bits per heavy atom. The number of rotatable bonds is 3. The van der Waals surface area contributed by atoms with Crippen LogP contribution in [0.2, 0.25) is 0 Å². The third kappa shape index (κ3) is 3.04. The van der Waals surface area contributed by atoms with E-state index in [9.17, 15) is 12.8 Å². The van der Waals surface area contributed by atoms with E-state index in [2.05, 4.69) is 0 Å². The molecule has 2 unspecified atom stereocenters. The molecule has 0 saturated carbocycles. The normalized spacial score (nSPS) is 24.2. The summed E-state index contributed by atoms with van der Waals surface area (Å²) >= 11 is 0. The van der Waals surface area contributed by atoms with E-state index in [1.165, 1.54) is 23.4 Å². The Morgan fingerprint density at radius 3 is 2.76 bits per heavy atom. The SMILES string of the molecule is CCC1COC(C)CN1S(=O)(=O)c1cc(N)cc(C)c1F. The van der Waals surface area contributed by atoms with Crippen molar-refractivity contribution in [1.82, 2.24) is 4.31 Å². The average molecular weight is 316 g/mol. The maximum atomic E-state index is 14.3. The van der Waals surface area contributed by atoms with E-state index in [0.717, 1.165) is 0 Å². The minimum absolute atomic E-state index is 0.215. The van der Waals surface area contributed by atoms with Crippen molar-refractivity contribution in [3.63, 3.8) is 0 Å². The first-order valence-corrected chi connectivity index (χ1v) is 8.40. The molecule has 5 nitrogen and oxygen atoms in total. The number of anilines is 1. The van der Waals surface area contributed by atoms with Crippen LogP contribution < -0.4 is 5.73 Å². The van der Waals surface area contributed by atoms with Gasteiger partial charge in [-0.2, -0.15) is 4.31 Å². The van der Waals surface area contributed by atoms with Crippen molar-refractivity contribution in [2.75, 3.05) is 18.9 Å². The van der Waals surface area contributed by atoms with Gasteiger partial charge in [0.25, 0.3) is 0 Å². The van der Waals surface area contributed by atoms with Crippen LogP contribution in [0.4, 0.5) is 10.1 Å². The molecule has 1 aromatic carbocycles.